The van der Waals surface area contributed by atoms with Crippen LogP contribution in [0.4, 0.5) is 0 Å². The second kappa shape index (κ2) is 7.17. The molecule has 3 nitrogen and oxygen atoms in total. The molecule has 0 atom stereocenters. The first-order valence-electron chi connectivity index (χ1n) is 6.58. The largest absolute Gasteiger partial charge is 0.388 e. The molecule has 0 aromatic heterocycles. The summed E-state index contributed by atoms with van der Waals surface area (Å²) in [6.45, 7) is 9.38. The summed E-state index contributed by atoms with van der Waals surface area (Å²) < 4.78 is 0. The highest BCUT2D eigenvalue weighted by Gasteiger charge is 2.08. The number of nitrogens with zero attached hydrogens (tertiary/aromatic N) is 1. The Labute approximate surface area is 111 Å². The lowest BCUT2D eigenvalue weighted by Gasteiger charge is -2.24. The van der Waals surface area contributed by atoms with Gasteiger partial charge in [-0.25, -0.2) is 0 Å². The summed E-state index contributed by atoms with van der Waals surface area (Å²) in [5, 5.41) is 7.33. The number of nitrogens with two attached hydrogens (primary N) is 1. The van der Waals surface area contributed by atoms with Crippen LogP contribution in [0.3, 0.4) is 0 Å². The quantitative estimate of drug-likeness (QED) is 0.575. The SMILES string of the molecule is Cc1ccc(CN(CCC(=N)N)CC(C)C)cc1. The molecule has 0 bridgehead atoms. The highest BCUT2D eigenvalue weighted by molar-refractivity contribution is 5.76. The van der Waals surface area contributed by atoms with Crippen molar-refractivity contribution in [2.45, 2.75) is 33.7 Å². The summed E-state index contributed by atoms with van der Waals surface area (Å²) in [5.74, 6) is 0.898. The van der Waals surface area contributed by atoms with Gasteiger partial charge >= 0.3 is 0 Å². The topological polar surface area (TPSA) is 53.1 Å². The number of hydrogen-bond acceptors (Lipinski definition) is 2. The summed E-state index contributed by atoms with van der Waals surface area (Å²) >= 11 is 0. The maximum Gasteiger partial charge on any atom is 0.0918 e. The van der Waals surface area contributed by atoms with Crippen molar-refractivity contribution in [2.24, 2.45) is 11.7 Å². The Hall–Kier alpha value is -1.35. The highest BCUT2D eigenvalue weighted by atomic mass is 15.1. The number of hydrogen-bond donors (Lipinski definition) is 2. The predicted molar refractivity (Wildman–Crippen MR) is 77.8 cm³/mol. The van der Waals surface area contributed by atoms with Crippen LogP contribution in [0, 0.1) is 18.3 Å². The van der Waals surface area contributed by atoms with Gasteiger partial charge in [0, 0.05) is 26.1 Å². The van der Waals surface area contributed by atoms with Gasteiger partial charge in [-0.3, -0.25) is 10.3 Å². The molecule has 0 fully saturated rings. The van der Waals surface area contributed by atoms with Crippen molar-refractivity contribution in [2.75, 3.05) is 13.1 Å². The van der Waals surface area contributed by atoms with Crippen LogP contribution in [0.5, 0.6) is 0 Å². The van der Waals surface area contributed by atoms with Crippen LogP contribution in [0.25, 0.3) is 0 Å². The lowest BCUT2D eigenvalue weighted by molar-refractivity contribution is 0.242. The van der Waals surface area contributed by atoms with Gasteiger partial charge in [0.05, 0.1) is 5.84 Å². The van der Waals surface area contributed by atoms with Crippen molar-refractivity contribution in [3.63, 3.8) is 0 Å². The van der Waals surface area contributed by atoms with E-state index in [-0.39, 0.29) is 5.84 Å². The van der Waals surface area contributed by atoms with Gasteiger partial charge in [0.15, 0.2) is 0 Å². The van der Waals surface area contributed by atoms with E-state index in [1.165, 1.54) is 11.1 Å². The van der Waals surface area contributed by atoms with Crippen molar-refractivity contribution in [3.05, 3.63) is 35.4 Å². The van der Waals surface area contributed by atoms with Gasteiger partial charge in [0.25, 0.3) is 0 Å². The third-order valence-corrected chi connectivity index (χ3v) is 2.85. The smallest absolute Gasteiger partial charge is 0.0918 e. The second-order valence-corrected chi connectivity index (χ2v) is 5.39. The van der Waals surface area contributed by atoms with Crippen molar-refractivity contribution >= 4 is 5.84 Å². The average molecular weight is 247 g/mol. The molecule has 100 valence electrons. The van der Waals surface area contributed by atoms with Gasteiger partial charge in [-0.1, -0.05) is 43.7 Å². The molecule has 0 saturated heterocycles. The molecule has 0 saturated carbocycles. The van der Waals surface area contributed by atoms with Crippen LogP contribution < -0.4 is 5.73 Å². The number of benzene rings is 1. The molecule has 0 aliphatic heterocycles. The fraction of sp³-hybridized carbons (Fsp3) is 0.533. The molecular weight excluding hydrogens is 222 g/mol. The Morgan fingerprint density at radius 3 is 2.39 bits per heavy atom. The lowest BCUT2D eigenvalue weighted by atomic mass is 10.1. The molecule has 0 amide bonds. The molecule has 18 heavy (non-hydrogen) atoms. The van der Waals surface area contributed by atoms with E-state index in [4.69, 9.17) is 11.1 Å². The molecule has 1 aromatic rings. The van der Waals surface area contributed by atoms with E-state index in [0.29, 0.717) is 12.3 Å². The number of rotatable bonds is 7. The summed E-state index contributed by atoms with van der Waals surface area (Å²) in [7, 11) is 0. The second-order valence-electron chi connectivity index (χ2n) is 5.39. The summed E-state index contributed by atoms with van der Waals surface area (Å²) in [6.07, 6.45) is 0.651. The zero-order valence-corrected chi connectivity index (χ0v) is 11.7. The van der Waals surface area contributed by atoms with E-state index < -0.39 is 0 Å². The van der Waals surface area contributed by atoms with E-state index in [9.17, 15) is 0 Å². The fourth-order valence-corrected chi connectivity index (χ4v) is 1.98. The molecule has 0 aliphatic rings. The Bertz CT molecular complexity index is 368. The highest BCUT2D eigenvalue weighted by Crippen LogP contribution is 2.09. The summed E-state index contributed by atoms with van der Waals surface area (Å²) in [6, 6.07) is 8.65. The minimum absolute atomic E-state index is 0.271. The lowest BCUT2D eigenvalue weighted by Crippen LogP contribution is -2.30. The molecule has 0 radical (unpaired) electrons. The van der Waals surface area contributed by atoms with Crippen LogP contribution in [0.1, 0.15) is 31.4 Å². The third kappa shape index (κ3) is 5.82. The monoisotopic (exact) mass is 247 g/mol. The minimum atomic E-state index is 0.271. The van der Waals surface area contributed by atoms with Gasteiger partial charge in [0.2, 0.25) is 0 Å². The zero-order chi connectivity index (χ0) is 13.5. The Balaban J connectivity index is 2.59. The molecule has 1 rings (SSSR count). The Kier molecular flexibility index (Phi) is 5.86. The van der Waals surface area contributed by atoms with E-state index in [1.54, 1.807) is 0 Å². The Morgan fingerprint density at radius 1 is 1.28 bits per heavy atom. The van der Waals surface area contributed by atoms with Gasteiger partial charge in [-0.2, -0.15) is 0 Å². The van der Waals surface area contributed by atoms with Crippen LogP contribution >= 0.6 is 0 Å². The Morgan fingerprint density at radius 2 is 1.89 bits per heavy atom. The van der Waals surface area contributed by atoms with Crippen molar-refractivity contribution in [3.8, 4) is 0 Å². The van der Waals surface area contributed by atoms with E-state index in [0.717, 1.165) is 19.6 Å². The fourth-order valence-electron chi connectivity index (χ4n) is 1.98. The van der Waals surface area contributed by atoms with E-state index in [2.05, 4.69) is 49.9 Å². The molecule has 0 spiro atoms. The van der Waals surface area contributed by atoms with Crippen molar-refractivity contribution in [1.29, 1.82) is 5.41 Å². The third-order valence-electron chi connectivity index (χ3n) is 2.85. The average Bonchev–Trinajstić information content (AvgIpc) is 2.28. The summed E-state index contributed by atoms with van der Waals surface area (Å²) in [4.78, 5) is 2.37. The van der Waals surface area contributed by atoms with Crippen LogP contribution in [-0.4, -0.2) is 23.8 Å². The number of aryl methyl sites for hydroxylation is 1. The van der Waals surface area contributed by atoms with Gasteiger partial charge < -0.3 is 5.73 Å². The van der Waals surface area contributed by atoms with Crippen molar-refractivity contribution < 1.29 is 0 Å². The standard InChI is InChI=1S/C15H25N3/c1-12(2)10-18(9-8-15(16)17)11-14-6-4-13(3)5-7-14/h4-7,12H,8-11H2,1-3H3,(H3,16,17). The zero-order valence-electron chi connectivity index (χ0n) is 11.7. The predicted octanol–water partition coefficient (Wildman–Crippen LogP) is 2.78. The van der Waals surface area contributed by atoms with Crippen LogP contribution in [0.2, 0.25) is 0 Å². The first-order valence-corrected chi connectivity index (χ1v) is 6.58. The molecule has 0 aliphatic carbocycles. The summed E-state index contributed by atoms with van der Waals surface area (Å²) in [5.41, 5.74) is 8.06. The number of amidine groups is 1. The molecule has 0 unspecified atom stereocenters. The number of nitrogens with one attached hydrogen (secondary N) is 1. The molecule has 3 N–H and O–H groups in total. The van der Waals surface area contributed by atoms with Gasteiger partial charge in [-0.05, 0) is 18.4 Å². The first-order chi connectivity index (χ1) is 8.47. The maximum absolute atomic E-state index is 7.33. The minimum Gasteiger partial charge on any atom is -0.388 e. The van der Waals surface area contributed by atoms with Crippen molar-refractivity contribution in [1.82, 2.24) is 4.90 Å². The first kappa shape index (κ1) is 14.7. The van der Waals surface area contributed by atoms with E-state index in [1.807, 2.05) is 0 Å². The van der Waals surface area contributed by atoms with Crippen LogP contribution in [0.15, 0.2) is 24.3 Å². The molecule has 3 heteroatoms. The normalized spacial score (nSPS) is 11.2. The molecular formula is C15H25N3. The van der Waals surface area contributed by atoms with Gasteiger partial charge in [0.1, 0.15) is 0 Å². The maximum atomic E-state index is 7.33. The molecule has 1 aromatic carbocycles. The van der Waals surface area contributed by atoms with E-state index >= 15 is 0 Å². The van der Waals surface area contributed by atoms with Crippen LogP contribution in [-0.2, 0) is 6.54 Å². The molecule has 0 heterocycles. The van der Waals surface area contributed by atoms with Gasteiger partial charge in [-0.15, -0.1) is 0 Å².